The summed E-state index contributed by atoms with van der Waals surface area (Å²) in [6.07, 6.45) is 1.18. The van der Waals surface area contributed by atoms with E-state index in [9.17, 15) is 9.90 Å². The zero-order valence-corrected chi connectivity index (χ0v) is 10.5. The summed E-state index contributed by atoms with van der Waals surface area (Å²) in [5, 5.41) is 19.1. The monoisotopic (exact) mass is 278 g/mol. The van der Waals surface area contributed by atoms with Crippen LogP contribution in [0.5, 0.6) is 0 Å². The Bertz CT molecular complexity index is 701. The lowest BCUT2D eigenvalue weighted by molar-refractivity contribution is -0.0432. The van der Waals surface area contributed by atoms with Gasteiger partial charge in [0.25, 0.3) is 0 Å². The summed E-state index contributed by atoms with van der Waals surface area (Å²) in [6, 6.07) is 1.35. The number of nitrogen functional groups attached to an aromatic ring is 1. The Morgan fingerprint density at radius 2 is 2.30 bits per heavy atom. The van der Waals surface area contributed by atoms with Gasteiger partial charge >= 0.3 is 0 Å². The molecule has 106 valence electrons. The first-order valence-electron chi connectivity index (χ1n) is 6.17. The molecule has 0 aromatic carbocycles. The number of fused-ring (bicyclic) bond motifs is 1. The molecule has 1 aliphatic rings. The van der Waals surface area contributed by atoms with Crippen molar-refractivity contribution in [3.05, 3.63) is 28.8 Å². The van der Waals surface area contributed by atoms with Crippen molar-refractivity contribution >= 4 is 16.9 Å². The Morgan fingerprint density at radius 1 is 1.50 bits per heavy atom. The van der Waals surface area contributed by atoms with Crippen LogP contribution < -0.4 is 11.2 Å². The first-order chi connectivity index (χ1) is 9.61. The van der Waals surface area contributed by atoms with Crippen molar-refractivity contribution in [2.75, 3.05) is 12.3 Å². The maximum atomic E-state index is 11.8. The molecular formula is C12H14N4O4. The number of nitrogens with two attached hydrogens (primary N) is 1. The third-order valence-corrected chi connectivity index (χ3v) is 3.43. The Labute approximate surface area is 113 Å². The molecule has 20 heavy (non-hydrogen) atoms. The molecule has 0 bridgehead atoms. The fourth-order valence-corrected chi connectivity index (χ4v) is 2.41. The SMILES string of the molecule is Nc1ncnc2c1c(=O)ccn2[C@H]1C[C@@H](O)[C@@H](CO)O1. The van der Waals surface area contributed by atoms with E-state index in [-0.39, 0.29) is 23.2 Å². The van der Waals surface area contributed by atoms with Crippen LogP contribution in [0.4, 0.5) is 5.82 Å². The van der Waals surface area contributed by atoms with E-state index in [4.69, 9.17) is 15.6 Å². The van der Waals surface area contributed by atoms with Crippen molar-refractivity contribution in [2.45, 2.75) is 24.9 Å². The highest BCUT2D eigenvalue weighted by atomic mass is 16.5. The normalized spacial score (nSPS) is 26.2. The molecule has 1 fully saturated rings. The third kappa shape index (κ3) is 1.94. The quantitative estimate of drug-likeness (QED) is 0.644. The lowest BCUT2D eigenvalue weighted by Crippen LogP contribution is -2.24. The van der Waals surface area contributed by atoms with Gasteiger partial charge in [-0.3, -0.25) is 4.79 Å². The number of aliphatic hydroxyl groups is 2. The summed E-state index contributed by atoms with van der Waals surface area (Å²) in [6.45, 7) is -0.271. The zero-order valence-electron chi connectivity index (χ0n) is 10.5. The third-order valence-electron chi connectivity index (χ3n) is 3.43. The Morgan fingerprint density at radius 3 is 3.00 bits per heavy atom. The second kappa shape index (κ2) is 4.82. The molecule has 0 aliphatic carbocycles. The molecule has 8 heteroatoms. The summed E-state index contributed by atoms with van der Waals surface area (Å²) in [4.78, 5) is 19.7. The summed E-state index contributed by atoms with van der Waals surface area (Å²) in [5.74, 6) is 0.103. The first-order valence-corrected chi connectivity index (χ1v) is 6.17. The van der Waals surface area contributed by atoms with Gasteiger partial charge in [0.1, 0.15) is 29.9 Å². The van der Waals surface area contributed by atoms with Gasteiger partial charge < -0.3 is 25.3 Å². The lowest BCUT2D eigenvalue weighted by atomic mass is 10.2. The van der Waals surface area contributed by atoms with Gasteiger partial charge in [-0.05, 0) is 0 Å². The average Bonchev–Trinajstić information content (AvgIpc) is 2.80. The largest absolute Gasteiger partial charge is 0.394 e. The van der Waals surface area contributed by atoms with Gasteiger partial charge in [-0.25, -0.2) is 9.97 Å². The number of nitrogens with zero attached hydrogens (tertiary/aromatic N) is 3. The van der Waals surface area contributed by atoms with Gasteiger partial charge in [-0.2, -0.15) is 0 Å². The standard InChI is InChI=1S/C12H14N4O4/c13-11-10-6(18)1-2-16(12(10)15-5-14-11)9-3-7(19)8(4-17)20-9/h1-2,5,7-9,17,19H,3-4H2,(H2,13,14,15)/t7-,8-,9-/m1/s1. The molecule has 0 saturated carbocycles. The van der Waals surface area contributed by atoms with E-state index in [1.165, 1.54) is 18.6 Å². The lowest BCUT2D eigenvalue weighted by Gasteiger charge is -2.17. The zero-order chi connectivity index (χ0) is 14.3. The van der Waals surface area contributed by atoms with Crippen molar-refractivity contribution in [3.8, 4) is 0 Å². The molecule has 0 amide bonds. The minimum Gasteiger partial charge on any atom is -0.394 e. The second-order valence-corrected chi connectivity index (χ2v) is 4.66. The molecule has 8 nitrogen and oxygen atoms in total. The Kier molecular flexibility index (Phi) is 3.13. The van der Waals surface area contributed by atoms with Gasteiger partial charge in [0.05, 0.1) is 12.7 Å². The number of aromatic nitrogens is 3. The predicted octanol–water partition coefficient (Wildman–Crippen LogP) is -0.986. The molecule has 4 N–H and O–H groups in total. The van der Waals surface area contributed by atoms with Crippen LogP contribution in [0.2, 0.25) is 0 Å². The molecule has 3 rings (SSSR count). The minimum absolute atomic E-state index is 0.103. The van der Waals surface area contributed by atoms with Crippen molar-refractivity contribution in [3.63, 3.8) is 0 Å². The van der Waals surface area contributed by atoms with Crippen molar-refractivity contribution in [2.24, 2.45) is 0 Å². The molecule has 0 radical (unpaired) electrons. The summed E-state index contributed by atoms with van der Waals surface area (Å²) >= 11 is 0. The number of ether oxygens (including phenoxy) is 1. The number of hydrogen-bond acceptors (Lipinski definition) is 7. The molecule has 3 atom stereocenters. The highest BCUT2D eigenvalue weighted by Crippen LogP contribution is 2.30. The number of rotatable bonds is 2. The highest BCUT2D eigenvalue weighted by Gasteiger charge is 2.34. The minimum atomic E-state index is -0.765. The van der Waals surface area contributed by atoms with Gasteiger partial charge in [-0.15, -0.1) is 0 Å². The molecular weight excluding hydrogens is 264 g/mol. The van der Waals surface area contributed by atoms with Crippen molar-refractivity contribution < 1.29 is 14.9 Å². The van der Waals surface area contributed by atoms with Crippen molar-refractivity contribution in [1.29, 1.82) is 0 Å². The summed E-state index contributed by atoms with van der Waals surface area (Å²) < 4.78 is 7.18. The van der Waals surface area contributed by atoms with Crippen LogP contribution in [-0.2, 0) is 4.74 Å². The van der Waals surface area contributed by atoms with E-state index in [0.29, 0.717) is 12.1 Å². The van der Waals surface area contributed by atoms with Crippen LogP contribution in [0.15, 0.2) is 23.4 Å². The average molecular weight is 278 g/mol. The predicted molar refractivity (Wildman–Crippen MR) is 69.8 cm³/mol. The van der Waals surface area contributed by atoms with E-state index < -0.39 is 18.4 Å². The Balaban J connectivity index is 2.12. The van der Waals surface area contributed by atoms with Crippen LogP contribution in [0.25, 0.3) is 11.0 Å². The van der Waals surface area contributed by atoms with E-state index in [1.54, 1.807) is 4.57 Å². The summed E-state index contributed by atoms with van der Waals surface area (Å²) in [7, 11) is 0. The second-order valence-electron chi connectivity index (χ2n) is 4.66. The molecule has 1 aliphatic heterocycles. The number of aliphatic hydroxyl groups excluding tert-OH is 2. The van der Waals surface area contributed by atoms with Crippen LogP contribution in [0.1, 0.15) is 12.6 Å². The molecule has 0 unspecified atom stereocenters. The maximum Gasteiger partial charge on any atom is 0.194 e. The molecule has 2 aromatic rings. The van der Waals surface area contributed by atoms with Crippen LogP contribution in [0, 0.1) is 0 Å². The topological polar surface area (TPSA) is 123 Å². The molecule has 2 aromatic heterocycles. The fraction of sp³-hybridized carbons (Fsp3) is 0.417. The van der Waals surface area contributed by atoms with Crippen molar-refractivity contribution in [1.82, 2.24) is 14.5 Å². The smallest absolute Gasteiger partial charge is 0.194 e. The van der Waals surface area contributed by atoms with Gasteiger partial charge in [0.2, 0.25) is 0 Å². The van der Waals surface area contributed by atoms with E-state index >= 15 is 0 Å². The van der Waals surface area contributed by atoms with Crippen LogP contribution in [0.3, 0.4) is 0 Å². The molecule has 1 saturated heterocycles. The maximum absolute atomic E-state index is 11.8. The van der Waals surface area contributed by atoms with Crippen LogP contribution in [-0.4, -0.2) is 43.6 Å². The van der Waals surface area contributed by atoms with E-state index in [1.807, 2.05) is 0 Å². The van der Waals surface area contributed by atoms with E-state index in [0.717, 1.165) is 0 Å². The Hall–Kier alpha value is -2.03. The number of anilines is 1. The van der Waals surface area contributed by atoms with Gasteiger partial charge in [0, 0.05) is 18.7 Å². The fourth-order valence-electron chi connectivity index (χ4n) is 2.41. The van der Waals surface area contributed by atoms with E-state index in [2.05, 4.69) is 9.97 Å². The number of hydrogen-bond donors (Lipinski definition) is 3. The first kappa shape index (κ1) is 13.0. The molecule has 0 spiro atoms. The molecule has 3 heterocycles. The van der Waals surface area contributed by atoms with Crippen LogP contribution >= 0.6 is 0 Å². The van der Waals surface area contributed by atoms with Gasteiger partial charge in [-0.1, -0.05) is 0 Å². The van der Waals surface area contributed by atoms with Gasteiger partial charge in [0.15, 0.2) is 11.1 Å². The number of pyridine rings is 1. The summed E-state index contributed by atoms with van der Waals surface area (Å²) in [5.41, 5.74) is 5.79. The highest BCUT2D eigenvalue weighted by molar-refractivity contribution is 5.84.